The van der Waals surface area contributed by atoms with Gasteiger partial charge in [-0.3, -0.25) is 0 Å². The number of alkyl carbamates (subject to hydrolysis) is 1. The Hall–Kier alpha value is -3.56. The van der Waals surface area contributed by atoms with Crippen LogP contribution in [-0.2, 0) is 9.47 Å². The normalized spacial score (nSPS) is 11.6. The number of amides is 1. The van der Waals surface area contributed by atoms with Gasteiger partial charge in [0.25, 0.3) is 0 Å². The summed E-state index contributed by atoms with van der Waals surface area (Å²) in [4.78, 5) is 23.8. The molecule has 3 aromatic carbocycles. The maximum absolute atomic E-state index is 12.2. The summed E-state index contributed by atoms with van der Waals surface area (Å²) in [7, 11) is 1.33. The number of halogens is 1. The third-order valence-electron chi connectivity index (χ3n) is 5.28. The molecule has 1 N–H and O–H groups in total. The molecule has 32 heavy (non-hydrogen) atoms. The fraction of sp³-hybridized carbons (Fsp3) is 0.154. The number of carbonyl (C=O) groups excluding carboxylic acids is 2. The van der Waals surface area contributed by atoms with Crippen molar-refractivity contribution >= 4 is 28.0 Å². The Balaban J connectivity index is 1.33. The van der Waals surface area contributed by atoms with Crippen molar-refractivity contribution in [2.45, 2.75) is 5.92 Å². The molecule has 0 bridgehead atoms. The molecular formula is C26H20BrNO4. The average molecular weight is 490 g/mol. The molecule has 0 radical (unpaired) electrons. The molecule has 0 saturated heterocycles. The molecule has 160 valence electrons. The van der Waals surface area contributed by atoms with E-state index in [4.69, 9.17) is 9.47 Å². The number of hydrogen-bond acceptors (Lipinski definition) is 4. The predicted molar refractivity (Wildman–Crippen MR) is 125 cm³/mol. The van der Waals surface area contributed by atoms with Gasteiger partial charge >= 0.3 is 12.1 Å². The minimum Gasteiger partial charge on any atom is -0.465 e. The van der Waals surface area contributed by atoms with Gasteiger partial charge in [0.2, 0.25) is 0 Å². The predicted octanol–water partition coefficient (Wildman–Crippen LogP) is 5.13. The van der Waals surface area contributed by atoms with E-state index in [1.807, 2.05) is 24.3 Å². The largest absolute Gasteiger partial charge is 0.465 e. The van der Waals surface area contributed by atoms with Gasteiger partial charge in [0, 0.05) is 16.0 Å². The van der Waals surface area contributed by atoms with Crippen LogP contribution in [0.15, 0.2) is 71.2 Å². The summed E-state index contributed by atoms with van der Waals surface area (Å²) in [6.45, 7) is 0.399. The van der Waals surface area contributed by atoms with Gasteiger partial charge < -0.3 is 14.8 Å². The molecule has 0 unspecified atom stereocenters. The summed E-state index contributed by atoms with van der Waals surface area (Å²) in [5.41, 5.74) is 5.84. The molecule has 3 aromatic rings. The van der Waals surface area contributed by atoms with Crippen LogP contribution in [0.1, 0.15) is 33.0 Å². The lowest BCUT2D eigenvalue weighted by molar-refractivity contribution is 0.0600. The zero-order chi connectivity index (χ0) is 22.5. The fourth-order valence-corrected chi connectivity index (χ4v) is 4.24. The highest BCUT2D eigenvalue weighted by atomic mass is 79.9. The van der Waals surface area contributed by atoms with Crippen LogP contribution in [0.2, 0.25) is 0 Å². The number of methoxy groups -OCH3 is 1. The third-order valence-corrected chi connectivity index (χ3v) is 5.93. The van der Waals surface area contributed by atoms with E-state index in [9.17, 15) is 9.59 Å². The Bertz CT molecular complexity index is 1200. The van der Waals surface area contributed by atoms with Crippen LogP contribution in [0.25, 0.3) is 11.1 Å². The monoisotopic (exact) mass is 489 g/mol. The van der Waals surface area contributed by atoms with Crippen molar-refractivity contribution in [1.29, 1.82) is 0 Å². The molecule has 0 saturated carbocycles. The number of rotatable bonds is 4. The summed E-state index contributed by atoms with van der Waals surface area (Å²) in [6.07, 6.45) is -0.513. The summed E-state index contributed by atoms with van der Waals surface area (Å²) in [5, 5.41) is 2.66. The van der Waals surface area contributed by atoms with E-state index in [0.717, 1.165) is 0 Å². The molecule has 6 heteroatoms. The quantitative estimate of drug-likeness (QED) is 0.407. The van der Waals surface area contributed by atoms with Crippen LogP contribution in [0, 0.1) is 11.8 Å². The number of esters is 1. The lowest BCUT2D eigenvalue weighted by Gasteiger charge is -2.14. The van der Waals surface area contributed by atoms with Crippen LogP contribution in [-0.4, -0.2) is 32.3 Å². The number of fused-ring (bicyclic) bond motifs is 3. The van der Waals surface area contributed by atoms with Crippen LogP contribution in [0.3, 0.4) is 0 Å². The molecule has 0 aromatic heterocycles. The van der Waals surface area contributed by atoms with E-state index in [0.29, 0.717) is 15.6 Å². The maximum atomic E-state index is 12.2. The molecule has 4 rings (SSSR count). The topological polar surface area (TPSA) is 64.6 Å². The van der Waals surface area contributed by atoms with E-state index >= 15 is 0 Å². The van der Waals surface area contributed by atoms with Crippen molar-refractivity contribution in [3.8, 4) is 23.0 Å². The molecule has 1 aliphatic rings. The lowest BCUT2D eigenvalue weighted by Crippen LogP contribution is -2.26. The Morgan fingerprint density at radius 3 is 2.28 bits per heavy atom. The molecule has 1 amide bonds. The van der Waals surface area contributed by atoms with Gasteiger partial charge in [-0.2, -0.15) is 0 Å². The van der Waals surface area contributed by atoms with Crippen LogP contribution in [0.4, 0.5) is 4.79 Å². The second kappa shape index (κ2) is 9.71. The summed E-state index contributed by atoms with van der Waals surface area (Å²) in [5.74, 6) is 5.45. The van der Waals surface area contributed by atoms with Crippen molar-refractivity contribution < 1.29 is 19.1 Å². The van der Waals surface area contributed by atoms with Crippen LogP contribution in [0.5, 0.6) is 0 Å². The Morgan fingerprint density at radius 2 is 1.66 bits per heavy atom. The first-order chi connectivity index (χ1) is 15.6. The second-order valence-electron chi connectivity index (χ2n) is 7.17. The van der Waals surface area contributed by atoms with E-state index in [-0.39, 0.29) is 19.1 Å². The first-order valence-corrected chi connectivity index (χ1v) is 10.8. The van der Waals surface area contributed by atoms with Gasteiger partial charge in [0.15, 0.2) is 0 Å². The number of nitrogens with one attached hydrogen (secondary N) is 1. The van der Waals surface area contributed by atoms with Crippen molar-refractivity contribution in [3.05, 3.63) is 93.5 Å². The van der Waals surface area contributed by atoms with Crippen LogP contribution >= 0.6 is 15.9 Å². The number of ether oxygens (including phenoxy) is 2. The molecular weight excluding hydrogens is 470 g/mol. The first kappa shape index (κ1) is 21.7. The summed E-state index contributed by atoms with van der Waals surface area (Å²) < 4.78 is 10.9. The molecule has 0 spiro atoms. The standard InChI is InChI=1S/C26H20BrNO4/c1-31-25(29)18-13-12-17(24(27)15-18)7-6-14-28-26(30)32-16-23-21-10-4-2-8-19(21)20-9-3-5-11-22(20)23/h2-5,8-13,15,23H,14,16H2,1H3,(H,28,30). The lowest BCUT2D eigenvalue weighted by atomic mass is 9.98. The average Bonchev–Trinajstić information content (AvgIpc) is 3.14. The van der Waals surface area contributed by atoms with Crippen molar-refractivity contribution in [3.63, 3.8) is 0 Å². The van der Waals surface area contributed by atoms with Gasteiger partial charge in [0.1, 0.15) is 6.61 Å². The van der Waals surface area contributed by atoms with Gasteiger partial charge in [0.05, 0.1) is 19.2 Å². The smallest absolute Gasteiger partial charge is 0.407 e. The van der Waals surface area contributed by atoms with Crippen LogP contribution < -0.4 is 5.32 Å². The van der Waals surface area contributed by atoms with E-state index in [2.05, 4.69) is 57.4 Å². The molecule has 0 fully saturated rings. The SMILES string of the molecule is COC(=O)c1ccc(C#CCNC(=O)OCC2c3ccccc3-c3ccccc32)c(Br)c1. The molecule has 0 heterocycles. The van der Waals surface area contributed by atoms with Crippen molar-refractivity contribution in [2.75, 3.05) is 20.3 Å². The van der Waals surface area contributed by atoms with Gasteiger partial charge in [-0.1, -0.05) is 60.4 Å². The summed E-state index contributed by atoms with van der Waals surface area (Å²) >= 11 is 3.39. The van der Waals surface area contributed by atoms with Crippen molar-refractivity contribution in [1.82, 2.24) is 5.32 Å². The Morgan fingerprint density at radius 1 is 1.00 bits per heavy atom. The first-order valence-electron chi connectivity index (χ1n) is 10.0. The van der Waals surface area contributed by atoms with E-state index < -0.39 is 12.1 Å². The summed E-state index contributed by atoms with van der Waals surface area (Å²) in [6, 6.07) is 21.4. The highest BCUT2D eigenvalue weighted by Crippen LogP contribution is 2.44. The molecule has 0 aliphatic heterocycles. The van der Waals surface area contributed by atoms with Gasteiger partial charge in [-0.25, -0.2) is 9.59 Å². The zero-order valence-electron chi connectivity index (χ0n) is 17.4. The van der Waals surface area contributed by atoms with Crippen molar-refractivity contribution in [2.24, 2.45) is 0 Å². The highest BCUT2D eigenvalue weighted by Gasteiger charge is 2.28. The molecule has 5 nitrogen and oxygen atoms in total. The van der Waals surface area contributed by atoms with Gasteiger partial charge in [-0.15, -0.1) is 0 Å². The molecule has 1 aliphatic carbocycles. The number of carbonyl (C=O) groups is 2. The molecule has 0 atom stereocenters. The number of hydrogen-bond donors (Lipinski definition) is 1. The Kier molecular flexibility index (Phi) is 6.58. The van der Waals surface area contributed by atoms with E-state index in [1.165, 1.54) is 29.4 Å². The fourth-order valence-electron chi connectivity index (χ4n) is 3.77. The second-order valence-corrected chi connectivity index (χ2v) is 8.02. The highest BCUT2D eigenvalue weighted by molar-refractivity contribution is 9.10. The minimum absolute atomic E-state index is 0.0171. The number of benzene rings is 3. The minimum atomic E-state index is -0.513. The Labute approximate surface area is 194 Å². The van der Waals surface area contributed by atoms with Gasteiger partial charge in [-0.05, 0) is 56.4 Å². The third kappa shape index (κ3) is 4.53. The zero-order valence-corrected chi connectivity index (χ0v) is 18.9. The van der Waals surface area contributed by atoms with E-state index in [1.54, 1.807) is 18.2 Å². The maximum Gasteiger partial charge on any atom is 0.407 e.